The van der Waals surface area contributed by atoms with Crippen LogP contribution in [0.5, 0.6) is 0 Å². The standard InChI is InChI=1S/C28H31N3O3S2/c1-30-13-12-21(23(15-30)18-6-4-3-5-7-18)22-14-25(36-26(22)28(33)34)19-8-10-20(11-9-19)29-27(32)24-16-35-17-31(24)2/h8-11,14,16-18H,3-7,12-13,15H2,1-2H3,(H-,29,32,33,34)/p+1. The van der Waals surface area contributed by atoms with E-state index in [4.69, 9.17) is 0 Å². The smallest absolute Gasteiger partial charge is 0.346 e. The molecule has 1 fully saturated rings. The lowest BCUT2D eigenvalue weighted by atomic mass is 9.78. The van der Waals surface area contributed by atoms with Gasteiger partial charge in [-0.25, -0.2) is 4.79 Å². The minimum Gasteiger partial charge on any atom is -0.477 e. The number of rotatable bonds is 6. The zero-order valence-corrected chi connectivity index (χ0v) is 22.4. The number of likely N-dealkylation sites (N-methyl/N-ethyl adjacent to an activating group) is 1. The van der Waals surface area contributed by atoms with Crippen molar-refractivity contribution in [3.8, 4) is 10.4 Å². The first-order valence-electron chi connectivity index (χ1n) is 12.5. The zero-order chi connectivity index (χ0) is 25.2. The first kappa shape index (κ1) is 24.9. The van der Waals surface area contributed by atoms with Crippen molar-refractivity contribution >= 4 is 45.8 Å². The van der Waals surface area contributed by atoms with E-state index in [1.54, 1.807) is 4.57 Å². The average molecular weight is 523 g/mol. The van der Waals surface area contributed by atoms with E-state index in [0.717, 1.165) is 35.5 Å². The second-order valence-corrected chi connectivity index (χ2v) is 11.6. The molecule has 0 unspecified atom stereocenters. The lowest BCUT2D eigenvalue weighted by molar-refractivity contribution is -0.668. The van der Waals surface area contributed by atoms with Crippen LogP contribution in [0.3, 0.4) is 0 Å². The molecular weight excluding hydrogens is 490 g/mol. The summed E-state index contributed by atoms with van der Waals surface area (Å²) < 4.78 is 1.80. The van der Waals surface area contributed by atoms with Crippen LogP contribution in [-0.4, -0.2) is 42.0 Å². The number of carboxylic acids is 1. The largest absolute Gasteiger partial charge is 0.477 e. The van der Waals surface area contributed by atoms with Crippen molar-refractivity contribution in [2.75, 3.05) is 25.5 Å². The Bertz CT molecular complexity index is 1300. The van der Waals surface area contributed by atoms with Crippen LogP contribution in [0.2, 0.25) is 0 Å². The van der Waals surface area contributed by atoms with Crippen LogP contribution in [0.25, 0.3) is 16.0 Å². The van der Waals surface area contributed by atoms with Crippen LogP contribution >= 0.6 is 22.7 Å². The van der Waals surface area contributed by atoms with Crippen LogP contribution < -0.4 is 9.88 Å². The molecule has 1 amide bonds. The van der Waals surface area contributed by atoms with Crippen molar-refractivity contribution in [2.24, 2.45) is 13.0 Å². The Morgan fingerprint density at radius 3 is 2.56 bits per heavy atom. The van der Waals surface area contributed by atoms with Gasteiger partial charge in [0.05, 0.1) is 5.38 Å². The summed E-state index contributed by atoms with van der Waals surface area (Å²) in [6.07, 6.45) is 7.15. The fourth-order valence-electron chi connectivity index (χ4n) is 5.43. The average Bonchev–Trinajstić information content (AvgIpc) is 3.52. The van der Waals surface area contributed by atoms with Crippen LogP contribution in [0.15, 0.2) is 46.8 Å². The van der Waals surface area contributed by atoms with E-state index in [-0.39, 0.29) is 5.91 Å². The third-order valence-electron chi connectivity index (χ3n) is 7.36. The van der Waals surface area contributed by atoms with Crippen molar-refractivity contribution in [3.63, 3.8) is 0 Å². The summed E-state index contributed by atoms with van der Waals surface area (Å²) in [5.41, 5.74) is 7.77. The molecule has 36 heavy (non-hydrogen) atoms. The molecule has 2 N–H and O–H groups in total. The molecule has 6 nitrogen and oxygen atoms in total. The Balaban J connectivity index is 1.45. The topological polar surface area (TPSA) is 73.5 Å². The third kappa shape index (κ3) is 5.16. The molecule has 188 valence electrons. The fraction of sp³-hybridized carbons (Fsp3) is 0.393. The number of amides is 1. The SMILES string of the molecule is CN1CCC(c2cc(-c3ccc(NC(=O)c4csc[n+]4C)cc3)sc2C(=O)O)=C(C2CCCCC2)C1. The van der Waals surface area contributed by atoms with Gasteiger partial charge in [0.15, 0.2) is 0 Å². The molecule has 2 aliphatic rings. The number of aromatic carboxylic acids is 1. The van der Waals surface area contributed by atoms with Gasteiger partial charge in [0.25, 0.3) is 5.69 Å². The molecular formula is C28H32N3O3S2+. The number of anilines is 1. The normalized spacial score (nSPS) is 17.4. The highest BCUT2D eigenvalue weighted by atomic mass is 32.1. The van der Waals surface area contributed by atoms with E-state index in [2.05, 4.69) is 23.3 Å². The molecule has 0 radical (unpaired) electrons. The number of hydrogen-bond acceptors (Lipinski definition) is 5. The predicted molar refractivity (Wildman–Crippen MR) is 146 cm³/mol. The van der Waals surface area contributed by atoms with E-state index in [1.165, 1.54) is 65.9 Å². The number of thiazole rings is 1. The van der Waals surface area contributed by atoms with Crippen LogP contribution in [0, 0.1) is 5.92 Å². The van der Waals surface area contributed by atoms with Gasteiger partial charge in [0.2, 0.25) is 5.51 Å². The van der Waals surface area contributed by atoms with E-state index in [9.17, 15) is 14.7 Å². The lowest BCUT2D eigenvalue weighted by Gasteiger charge is -2.34. The monoisotopic (exact) mass is 522 g/mol. The van der Waals surface area contributed by atoms with Crippen molar-refractivity contribution in [1.82, 2.24) is 4.90 Å². The minimum absolute atomic E-state index is 0.150. The highest BCUT2D eigenvalue weighted by molar-refractivity contribution is 7.17. The van der Waals surface area contributed by atoms with E-state index in [1.807, 2.05) is 42.2 Å². The molecule has 8 heteroatoms. The molecule has 0 bridgehead atoms. The Labute approximate surface area is 219 Å². The number of aryl methyl sites for hydroxylation is 1. The number of hydrogen-bond donors (Lipinski definition) is 2. The zero-order valence-electron chi connectivity index (χ0n) is 20.8. The molecule has 3 heterocycles. The van der Waals surface area contributed by atoms with Crippen molar-refractivity contribution in [3.05, 3.63) is 62.9 Å². The number of thiophene rings is 1. The van der Waals surface area contributed by atoms with E-state index in [0.29, 0.717) is 22.2 Å². The Morgan fingerprint density at radius 2 is 1.89 bits per heavy atom. The maximum atomic E-state index is 12.5. The van der Waals surface area contributed by atoms with Gasteiger partial charge in [-0.05, 0) is 67.1 Å². The fourth-order valence-corrected chi connectivity index (χ4v) is 7.22. The molecule has 1 saturated carbocycles. The van der Waals surface area contributed by atoms with Gasteiger partial charge < -0.3 is 15.3 Å². The maximum absolute atomic E-state index is 12.5. The first-order valence-corrected chi connectivity index (χ1v) is 14.3. The second-order valence-electron chi connectivity index (χ2n) is 9.87. The number of carbonyl (C=O) groups excluding carboxylic acids is 1. The number of aromatic nitrogens is 1. The summed E-state index contributed by atoms with van der Waals surface area (Å²) in [7, 11) is 4.01. The number of benzene rings is 1. The van der Waals surface area contributed by atoms with Gasteiger partial charge >= 0.3 is 11.9 Å². The number of carboxylic acid groups (broad SMARTS) is 1. The number of carbonyl (C=O) groups is 2. The van der Waals surface area contributed by atoms with Gasteiger partial charge in [0, 0.05) is 29.2 Å². The predicted octanol–water partition coefficient (Wildman–Crippen LogP) is 5.92. The van der Waals surface area contributed by atoms with Crippen LogP contribution in [0.4, 0.5) is 5.69 Å². The molecule has 0 atom stereocenters. The van der Waals surface area contributed by atoms with Crippen molar-refractivity contribution in [1.29, 1.82) is 0 Å². The van der Waals surface area contributed by atoms with Crippen molar-refractivity contribution in [2.45, 2.75) is 38.5 Å². The number of nitrogens with zero attached hydrogens (tertiary/aromatic N) is 2. The molecule has 1 aromatic carbocycles. The summed E-state index contributed by atoms with van der Waals surface area (Å²) in [5.74, 6) is -0.444. The maximum Gasteiger partial charge on any atom is 0.346 e. The quantitative estimate of drug-likeness (QED) is 0.394. The van der Waals surface area contributed by atoms with Crippen molar-refractivity contribution < 1.29 is 19.3 Å². The van der Waals surface area contributed by atoms with Gasteiger partial charge in [-0.3, -0.25) is 4.79 Å². The molecule has 0 saturated heterocycles. The van der Waals surface area contributed by atoms with E-state index >= 15 is 0 Å². The summed E-state index contributed by atoms with van der Waals surface area (Å²) in [4.78, 5) is 28.6. The molecule has 1 aliphatic heterocycles. The van der Waals surface area contributed by atoms with Gasteiger partial charge in [-0.1, -0.05) is 42.7 Å². The molecule has 5 rings (SSSR count). The van der Waals surface area contributed by atoms with Crippen LogP contribution in [0.1, 0.15) is 64.2 Å². The Kier molecular flexibility index (Phi) is 7.37. The van der Waals surface area contributed by atoms with E-state index < -0.39 is 5.97 Å². The highest BCUT2D eigenvalue weighted by Crippen LogP contribution is 2.42. The summed E-state index contributed by atoms with van der Waals surface area (Å²) in [6.45, 7) is 1.88. The Hall–Kier alpha value is -2.81. The lowest BCUT2D eigenvalue weighted by Crippen LogP contribution is -2.34. The first-order chi connectivity index (χ1) is 17.4. The second kappa shape index (κ2) is 10.7. The summed E-state index contributed by atoms with van der Waals surface area (Å²) in [6, 6.07) is 9.74. The minimum atomic E-state index is -0.858. The molecule has 1 aliphatic carbocycles. The summed E-state index contributed by atoms with van der Waals surface area (Å²) in [5, 5.41) is 14.9. The Morgan fingerprint density at radius 1 is 1.14 bits per heavy atom. The van der Waals surface area contributed by atoms with Gasteiger partial charge in [-0.2, -0.15) is 4.57 Å². The molecule has 0 spiro atoms. The summed E-state index contributed by atoms with van der Waals surface area (Å²) >= 11 is 2.83. The third-order valence-corrected chi connectivity index (χ3v) is 9.33. The van der Waals surface area contributed by atoms with Gasteiger partial charge in [0.1, 0.15) is 11.9 Å². The van der Waals surface area contributed by atoms with Gasteiger partial charge in [-0.15, -0.1) is 11.3 Å². The molecule has 3 aromatic rings. The van der Waals surface area contributed by atoms with Crippen LogP contribution in [-0.2, 0) is 7.05 Å². The molecule has 2 aromatic heterocycles. The highest BCUT2D eigenvalue weighted by Gasteiger charge is 2.29. The number of nitrogens with one attached hydrogen (secondary N) is 1.